The largest absolute Gasteiger partial charge is 0.506 e. The van der Waals surface area contributed by atoms with E-state index in [2.05, 4.69) is 10.0 Å². The number of hydrogen-bond acceptors (Lipinski definition) is 8. The van der Waals surface area contributed by atoms with Gasteiger partial charge in [-0.15, -0.1) is 11.6 Å². The van der Waals surface area contributed by atoms with E-state index in [1.54, 1.807) is 19.1 Å². The number of aliphatic hydroxyl groups is 1. The highest BCUT2D eigenvalue weighted by atomic mass is 35.5. The highest BCUT2D eigenvalue weighted by molar-refractivity contribution is 7.92. The molecule has 3 aromatic rings. The lowest BCUT2D eigenvalue weighted by atomic mass is 10.0. The van der Waals surface area contributed by atoms with E-state index in [0.29, 0.717) is 36.8 Å². The number of halogens is 1. The quantitative estimate of drug-likeness (QED) is 0.109. The Kier molecular flexibility index (Phi) is 13.0. The minimum Gasteiger partial charge on any atom is -0.506 e. The molecule has 0 saturated heterocycles. The molecule has 0 radical (unpaired) electrons. The normalized spacial score (nSPS) is 11.6. The van der Waals surface area contributed by atoms with Crippen molar-refractivity contribution in [2.75, 3.05) is 43.2 Å². The molecule has 0 fully saturated rings. The highest BCUT2D eigenvalue weighted by Gasteiger charge is 2.14. The van der Waals surface area contributed by atoms with Gasteiger partial charge in [-0.05, 0) is 60.0 Å². The Morgan fingerprint density at radius 2 is 1.65 bits per heavy atom. The zero-order valence-electron chi connectivity index (χ0n) is 22.6. The van der Waals surface area contributed by atoms with E-state index in [-0.39, 0.29) is 23.5 Å². The summed E-state index contributed by atoms with van der Waals surface area (Å²) in [5.74, 6) is 0.405. The van der Waals surface area contributed by atoms with E-state index in [1.165, 1.54) is 24.3 Å². The van der Waals surface area contributed by atoms with Crippen LogP contribution in [-0.2, 0) is 10.0 Å². The standard InChI is InChI=1S/C26H30N2O8S.C2H5Cl/c1-3-35-25-15-18(6-10-21(25)26(31)32)17-4-8-20(9-5-17)36-13-12-27-16-24(30)19-7-11-23(29)22(14-19)28-37(2,33)34;1-2-3/h4-11,14-15,24,27-30H,3,12-13,16H2,1-2H3,(H,31,32);2H2,1H3/t24-;/m0./s1. The van der Waals surface area contributed by atoms with E-state index < -0.39 is 22.1 Å². The van der Waals surface area contributed by atoms with Gasteiger partial charge in [0.1, 0.15) is 29.4 Å². The zero-order chi connectivity index (χ0) is 29.7. The number of phenols is 1. The summed E-state index contributed by atoms with van der Waals surface area (Å²) >= 11 is 5.00. The van der Waals surface area contributed by atoms with Crippen molar-refractivity contribution < 1.29 is 38.0 Å². The number of rotatable bonds is 13. The number of carbonyl (C=O) groups is 1. The molecule has 0 aromatic heterocycles. The molecule has 0 aliphatic rings. The SMILES string of the molecule is CCCl.CCOc1cc(-c2ccc(OCCNC[C@H](O)c3ccc(O)c(NS(C)(=O)=O)c3)cc2)ccc1C(=O)O. The van der Waals surface area contributed by atoms with Crippen LogP contribution in [0.2, 0.25) is 0 Å². The van der Waals surface area contributed by atoms with Crippen LogP contribution in [0.1, 0.15) is 35.9 Å². The molecule has 0 saturated carbocycles. The molecule has 0 heterocycles. The number of phenolic OH excluding ortho intramolecular Hbond substituents is 1. The number of hydrogen-bond donors (Lipinski definition) is 5. The molecule has 12 heteroatoms. The van der Waals surface area contributed by atoms with Gasteiger partial charge in [0.05, 0.1) is 24.7 Å². The van der Waals surface area contributed by atoms with Crippen molar-refractivity contribution in [1.82, 2.24) is 5.32 Å². The summed E-state index contributed by atoms with van der Waals surface area (Å²) in [5, 5.41) is 32.6. The van der Waals surface area contributed by atoms with Crippen molar-refractivity contribution in [2.45, 2.75) is 20.0 Å². The van der Waals surface area contributed by atoms with Gasteiger partial charge in [0.15, 0.2) is 0 Å². The van der Waals surface area contributed by atoms with Gasteiger partial charge < -0.3 is 30.1 Å². The average molecular weight is 595 g/mol. The minimum absolute atomic E-state index is 0.00206. The Labute approximate surface area is 239 Å². The van der Waals surface area contributed by atoms with E-state index in [4.69, 9.17) is 21.1 Å². The minimum atomic E-state index is -3.57. The van der Waals surface area contributed by atoms with E-state index in [9.17, 15) is 28.5 Å². The second-order valence-corrected chi connectivity index (χ2v) is 10.7. The van der Waals surface area contributed by atoms with Crippen molar-refractivity contribution in [3.05, 3.63) is 71.8 Å². The van der Waals surface area contributed by atoms with Crippen LogP contribution in [0.3, 0.4) is 0 Å². The van der Waals surface area contributed by atoms with Gasteiger partial charge >= 0.3 is 5.97 Å². The molecule has 0 amide bonds. The molecule has 218 valence electrons. The predicted molar refractivity (Wildman–Crippen MR) is 156 cm³/mol. The van der Waals surface area contributed by atoms with Crippen LogP contribution in [0.5, 0.6) is 17.2 Å². The molecule has 1 atom stereocenters. The summed E-state index contributed by atoms with van der Waals surface area (Å²) in [6.45, 7) is 5.02. The van der Waals surface area contributed by atoms with Crippen molar-refractivity contribution in [1.29, 1.82) is 0 Å². The fourth-order valence-corrected chi connectivity index (χ4v) is 4.10. The molecule has 0 bridgehead atoms. The monoisotopic (exact) mass is 594 g/mol. The number of anilines is 1. The fraction of sp³-hybridized carbons (Fsp3) is 0.321. The summed E-state index contributed by atoms with van der Waals surface area (Å²) in [7, 11) is -3.57. The number of aliphatic hydroxyl groups excluding tert-OH is 1. The summed E-state index contributed by atoms with van der Waals surface area (Å²) < 4.78 is 36.3. The van der Waals surface area contributed by atoms with Crippen LogP contribution in [0.25, 0.3) is 11.1 Å². The maximum atomic E-state index is 11.4. The van der Waals surface area contributed by atoms with Crippen LogP contribution >= 0.6 is 11.6 Å². The Bertz CT molecular complexity index is 1350. The molecule has 10 nitrogen and oxygen atoms in total. The third-order valence-electron chi connectivity index (χ3n) is 5.29. The topological polar surface area (TPSA) is 154 Å². The van der Waals surface area contributed by atoms with Crippen LogP contribution in [0, 0.1) is 0 Å². The average Bonchev–Trinajstić information content (AvgIpc) is 2.89. The van der Waals surface area contributed by atoms with Gasteiger partial charge in [0, 0.05) is 19.0 Å². The number of carboxylic acids is 1. The van der Waals surface area contributed by atoms with Crippen LogP contribution in [0.4, 0.5) is 5.69 Å². The van der Waals surface area contributed by atoms with Gasteiger partial charge in [-0.3, -0.25) is 4.72 Å². The third kappa shape index (κ3) is 10.6. The Hall–Kier alpha value is -3.51. The van der Waals surface area contributed by atoms with Crippen molar-refractivity contribution in [3.8, 4) is 28.4 Å². The fourth-order valence-electron chi connectivity index (χ4n) is 3.54. The van der Waals surface area contributed by atoms with Crippen molar-refractivity contribution >= 4 is 33.3 Å². The molecular weight excluding hydrogens is 560 g/mol. The van der Waals surface area contributed by atoms with Crippen LogP contribution in [-0.4, -0.2) is 68.1 Å². The Balaban J connectivity index is 0.00000178. The molecule has 3 aromatic carbocycles. The Morgan fingerprint density at radius 1 is 1.00 bits per heavy atom. The van der Waals surface area contributed by atoms with Crippen LogP contribution < -0.4 is 19.5 Å². The maximum Gasteiger partial charge on any atom is 0.339 e. The van der Waals surface area contributed by atoms with Gasteiger partial charge in [-0.1, -0.05) is 31.2 Å². The summed E-state index contributed by atoms with van der Waals surface area (Å²) in [6, 6.07) is 16.5. The van der Waals surface area contributed by atoms with Crippen molar-refractivity contribution in [2.24, 2.45) is 0 Å². The predicted octanol–water partition coefficient (Wildman–Crippen LogP) is 4.47. The molecule has 0 aliphatic heterocycles. The summed E-state index contributed by atoms with van der Waals surface area (Å²) in [5.41, 5.74) is 2.25. The maximum absolute atomic E-state index is 11.4. The number of benzene rings is 3. The highest BCUT2D eigenvalue weighted by Crippen LogP contribution is 2.29. The smallest absolute Gasteiger partial charge is 0.339 e. The molecule has 3 rings (SSSR count). The van der Waals surface area contributed by atoms with Crippen molar-refractivity contribution in [3.63, 3.8) is 0 Å². The first-order chi connectivity index (χ1) is 19.0. The van der Waals surface area contributed by atoms with E-state index >= 15 is 0 Å². The zero-order valence-corrected chi connectivity index (χ0v) is 24.1. The van der Waals surface area contributed by atoms with Gasteiger partial charge in [-0.25, -0.2) is 13.2 Å². The van der Waals surface area contributed by atoms with Gasteiger partial charge in [0.2, 0.25) is 10.0 Å². The second-order valence-electron chi connectivity index (χ2n) is 8.46. The number of carboxylic acid groups (broad SMARTS) is 1. The number of ether oxygens (including phenoxy) is 2. The molecule has 0 unspecified atom stereocenters. The lowest BCUT2D eigenvalue weighted by Gasteiger charge is -2.15. The molecule has 5 N–H and O–H groups in total. The van der Waals surface area contributed by atoms with E-state index in [1.807, 2.05) is 31.2 Å². The number of alkyl halides is 1. The summed E-state index contributed by atoms with van der Waals surface area (Å²) in [6.07, 6.45) is 0.0515. The Morgan fingerprint density at radius 3 is 2.25 bits per heavy atom. The van der Waals surface area contributed by atoms with Gasteiger partial charge in [0.25, 0.3) is 0 Å². The van der Waals surface area contributed by atoms with Crippen LogP contribution in [0.15, 0.2) is 60.7 Å². The number of sulfonamides is 1. The first-order valence-electron chi connectivity index (χ1n) is 12.5. The second kappa shape index (κ2) is 15.9. The number of aromatic hydroxyl groups is 1. The summed E-state index contributed by atoms with van der Waals surface area (Å²) in [4.78, 5) is 11.4. The first-order valence-corrected chi connectivity index (χ1v) is 14.9. The molecule has 0 spiro atoms. The molecule has 0 aliphatic carbocycles. The number of nitrogens with one attached hydrogen (secondary N) is 2. The molecular formula is C28H35ClN2O8S. The third-order valence-corrected chi connectivity index (χ3v) is 5.88. The molecule has 40 heavy (non-hydrogen) atoms. The lowest BCUT2D eigenvalue weighted by molar-refractivity contribution is 0.0692. The van der Waals surface area contributed by atoms with Gasteiger partial charge in [-0.2, -0.15) is 0 Å². The number of aromatic carboxylic acids is 1. The lowest BCUT2D eigenvalue weighted by Crippen LogP contribution is -2.26. The first kappa shape index (κ1) is 32.7. The van der Waals surface area contributed by atoms with E-state index in [0.717, 1.165) is 23.3 Å².